The minimum absolute atomic E-state index is 0.00414. The van der Waals surface area contributed by atoms with Gasteiger partial charge in [0, 0.05) is 18.9 Å². The zero-order valence-corrected chi connectivity index (χ0v) is 12.7. The van der Waals surface area contributed by atoms with Gasteiger partial charge in [-0.3, -0.25) is 4.79 Å². The van der Waals surface area contributed by atoms with Crippen LogP contribution in [0.15, 0.2) is 0 Å². The molecular weight excluding hydrogens is 282 g/mol. The number of hydrogen-bond acceptors (Lipinski definition) is 6. The third-order valence-corrected chi connectivity index (χ3v) is 5.25. The summed E-state index contributed by atoms with van der Waals surface area (Å²) >= 11 is 1.45. The molecule has 0 saturated carbocycles. The molecule has 0 bridgehead atoms. The number of hydrogen-bond donors (Lipinski definition) is 3. The fourth-order valence-corrected chi connectivity index (χ4v) is 4.06. The topological polar surface area (TPSA) is 88.0 Å². The minimum atomic E-state index is -0.963. The maximum Gasteiger partial charge on any atom is 0.239 e. The van der Waals surface area contributed by atoms with E-state index < -0.39 is 22.7 Å². The summed E-state index contributed by atoms with van der Waals surface area (Å²) in [4.78, 5) is 12.3. The van der Waals surface area contributed by atoms with Gasteiger partial charge < -0.3 is 25.0 Å². The third kappa shape index (κ3) is 3.12. The Hall–Kier alpha value is -0.340. The average Bonchev–Trinajstić information content (AvgIpc) is 2.78. The fraction of sp³-hybridized carbons (Fsp3) is 0.923. The molecule has 0 spiro atoms. The fourth-order valence-electron chi connectivity index (χ4n) is 2.68. The van der Waals surface area contributed by atoms with E-state index in [1.165, 1.54) is 11.8 Å². The molecule has 116 valence electrons. The van der Waals surface area contributed by atoms with Crippen molar-refractivity contribution in [3.05, 3.63) is 0 Å². The van der Waals surface area contributed by atoms with Gasteiger partial charge in [-0.2, -0.15) is 0 Å². The quantitative estimate of drug-likeness (QED) is 0.656. The number of rotatable bonds is 5. The molecule has 20 heavy (non-hydrogen) atoms. The smallest absolute Gasteiger partial charge is 0.239 e. The summed E-state index contributed by atoms with van der Waals surface area (Å²) in [5, 5.41) is 22.5. The van der Waals surface area contributed by atoms with Crippen molar-refractivity contribution in [1.82, 2.24) is 5.32 Å². The summed E-state index contributed by atoms with van der Waals surface area (Å²) in [5.74, 6) is -0.173. The molecule has 1 unspecified atom stereocenters. The van der Waals surface area contributed by atoms with Crippen molar-refractivity contribution in [2.75, 3.05) is 25.5 Å². The zero-order chi connectivity index (χ0) is 14.8. The van der Waals surface area contributed by atoms with E-state index in [-0.39, 0.29) is 19.1 Å². The molecule has 0 aromatic carbocycles. The minimum Gasteiger partial charge on any atom is -0.396 e. The Morgan fingerprint density at radius 1 is 1.55 bits per heavy atom. The molecule has 2 fully saturated rings. The lowest BCUT2D eigenvalue weighted by molar-refractivity contribution is -0.157. The second kappa shape index (κ2) is 6.19. The van der Waals surface area contributed by atoms with Crippen molar-refractivity contribution in [1.29, 1.82) is 0 Å². The van der Waals surface area contributed by atoms with Gasteiger partial charge in [-0.25, -0.2) is 0 Å². The maximum absolute atomic E-state index is 12.3. The monoisotopic (exact) mass is 305 g/mol. The van der Waals surface area contributed by atoms with E-state index in [0.717, 1.165) is 5.75 Å². The average molecular weight is 305 g/mol. The largest absolute Gasteiger partial charge is 0.396 e. The van der Waals surface area contributed by atoms with Crippen LogP contribution >= 0.6 is 11.8 Å². The summed E-state index contributed by atoms with van der Waals surface area (Å²) < 4.78 is 10.2. The Bertz CT molecular complexity index is 365. The van der Waals surface area contributed by atoms with E-state index >= 15 is 0 Å². The molecule has 2 aliphatic rings. The third-order valence-electron chi connectivity index (χ3n) is 3.70. The van der Waals surface area contributed by atoms with E-state index in [9.17, 15) is 9.90 Å². The van der Waals surface area contributed by atoms with Gasteiger partial charge in [0.2, 0.25) is 5.91 Å². The lowest BCUT2D eigenvalue weighted by Gasteiger charge is -2.40. The van der Waals surface area contributed by atoms with Crippen molar-refractivity contribution in [2.24, 2.45) is 0 Å². The summed E-state index contributed by atoms with van der Waals surface area (Å²) in [6.45, 7) is 4.44. The lowest BCUT2D eigenvalue weighted by atomic mass is 9.90. The second-order valence-corrected chi connectivity index (χ2v) is 7.06. The SMILES string of the molecule is CC1(C)OC[C@H]([C@@H](O)C2(CCCO)SCCNC2=O)O1. The van der Waals surface area contributed by atoms with Crippen molar-refractivity contribution >= 4 is 17.7 Å². The highest BCUT2D eigenvalue weighted by Crippen LogP contribution is 2.40. The van der Waals surface area contributed by atoms with E-state index in [2.05, 4.69) is 5.32 Å². The lowest BCUT2D eigenvalue weighted by Crippen LogP contribution is -2.60. The highest BCUT2D eigenvalue weighted by molar-refractivity contribution is 8.01. The Kier molecular flexibility index (Phi) is 4.96. The normalized spacial score (nSPS) is 34.8. The molecule has 0 aliphatic carbocycles. The molecule has 2 heterocycles. The number of amides is 1. The summed E-state index contributed by atoms with van der Waals surface area (Å²) in [6.07, 6.45) is -0.600. The highest BCUT2D eigenvalue weighted by atomic mass is 32.2. The Morgan fingerprint density at radius 3 is 2.85 bits per heavy atom. The number of ether oxygens (including phenoxy) is 2. The van der Waals surface area contributed by atoms with Gasteiger partial charge in [-0.1, -0.05) is 0 Å². The molecule has 2 rings (SSSR count). The van der Waals surface area contributed by atoms with Gasteiger partial charge in [-0.05, 0) is 26.7 Å². The number of nitrogens with one attached hydrogen (secondary N) is 1. The standard InChI is InChI=1S/C13H23NO5S/c1-12(2)18-8-9(19-12)10(16)13(4-3-6-15)11(17)14-5-7-20-13/h9-10,15-16H,3-8H2,1-2H3,(H,14,17)/t9-,10-,13?/m1/s1. The van der Waals surface area contributed by atoms with E-state index in [1.54, 1.807) is 13.8 Å². The molecule has 3 atom stereocenters. The molecule has 0 aromatic rings. The Balaban J connectivity index is 2.15. The first-order valence-electron chi connectivity index (χ1n) is 6.94. The predicted molar refractivity (Wildman–Crippen MR) is 75.4 cm³/mol. The molecule has 1 amide bonds. The molecule has 2 aliphatic heterocycles. The van der Waals surface area contributed by atoms with Gasteiger partial charge in [0.05, 0.1) is 6.61 Å². The van der Waals surface area contributed by atoms with Crippen LogP contribution in [0.4, 0.5) is 0 Å². The Labute approximate surface area is 123 Å². The number of carbonyl (C=O) groups excluding carboxylic acids is 1. The second-order valence-electron chi connectivity index (χ2n) is 5.63. The molecular formula is C13H23NO5S. The van der Waals surface area contributed by atoms with Gasteiger partial charge in [0.25, 0.3) is 0 Å². The number of aliphatic hydroxyl groups excluding tert-OH is 2. The number of thioether (sulfide) groups is 1. The van der Waals surface area contributed by atoms with E-state index in [4.69, 9.17) is 14.6 Å². The van der Waals surface area contributed by atoms with E-state index in [1.807, 2.05) is 0 Å². The molecule has 0 radical (unpaired) electrons. The van der Waals surface area contributed by atoms with Crippen molar-refractivity contribution in [3.8, 4) is 0 Å². The first-order valence-corrected chi connectivity index (χ1v) is 7.93. The highest BCUT2D eigenvalue weighted by Gasteiger charge is 2.52. The summed E-state index contributed by atoms with van der Waals surface area (Å²) in [7, 11) is 0. The molecule has 2 saturated heterocycles. The van der Waals surface area contributed by atoms with Crippen molar-refractivity contribution < 1.29 is 24.5 Å². The van der Waals surface area contributed by atoms with Crippen LogP contribution in [0.5, 0.6) is 0 Å². The van der Waals surface area contributed by atoms with Gasteiger partial charge >= 0.3 is 0 Å². The summed E-state index contributed by atoms with van der Waals surface area (Å²) in [6, 6.07) is 0. The molecule has 0 aromatic heterocycles. The van der Waals surface area contributed by atoms with Gasteiger partial charge in [0.15, 0.2) is 5.79 Å². The van der Waals surface area contributed by atoms with Crippen LogP contribution in [-0.4, -0.2) is 64.4 Å². The van der Waals surface area contributed by atoms with Crippen molar-refractivity contribution in [3.63, 3.8) is 0 Å². The zero-order valence-electron chi connectivity index (χ0n) is 11.9. The van der Waals surface area contributed by atoms with Crippen LogP contribution in [0.2, 0.25) is 0 Å². The maximum atomic E-state index is 12.3. The van der Waals surface area contributed by atoms with Crippen molar-refractivity contribution in [2.45, 2.75) is 49.4 Å². The number of carbonyl (C=O) groups is 1. The van der Waals surface area contributed by atoms with Crippen LogP contribution in [0.25, 0.3) is 0 Å². The first kappa shape index (κ1) is 16.0. The van der Waals surface area contributed by atoms with Crippen LogP contribution in [0.1, 0.15) is 26.7 Å². The van der Waals surface area contributed by atoms with Gasteiger partial charge in [0.1, 0.15) is 17.0 Å². The van der Waals surface area contributed by atoms with Crippen LogP contribution in [0, 0.1) is 0 Å². The molecule has 7 heteroatoms. The molecule has 3 N–H and O–H groups in total. The summed E-state index contributed by atoms with van der Waals surface area (Å²) in [5.41, 5.74) is 0. The first-order chi connectivity index (χ1) is 9.41. The van der Waals surface area contributed by atoms with Gasteiger partial charge in [-0.15, -0.1) is 11.8 Å². The molecule has 6 nitrogen and oxygen atoms in total. The van der Waals surface area contributed by atoms with Crippen LogP contribution in [0.3, 0.4) is 0 Å². The van der Waals surface area contributed by atoms with Crippen LogP contribution < -0.4 is 5.32 Å². The predicted octanol–water partition coefficient (Wildman–Crippen LogP) is -0.127. The van der Waals surface area contributed by atoms with Crippen LogP contribution in [-0.2, 0) is 14.3 Å². The van der Waals surface area contributed by atoms with E-state index in [0.29, 0.717) is 19.4 Å². The Morgan fingerprint density at radius 2 is 2.30 bits per heavy atom. The number of aliphatic hydroxyl groups is 2.